The fourth-order valence-corrected chi connectivity index (χ4v) is 1.39. The summed E-state index contributed by atoms with van der Waals surface area (Å²) in [5, 5.41) is 0. The van der Waals surface area contributed by atoms with Crippen LogP contribution in [0.3, 0.4) is 0 Å². The van der Waals surface area contributed by atoms with E-state index in [-0.39, 0.29) is 12.3 Å². The number of esters is 1. The normalized spacial score (nSPS) is 9.76. The molecule has 0 atom stereocenters. The van der Waals surface area contributed by atoms with Crippen molar-refractivity contribution in [1.29, 1.82) is 0 Å². The molecule has 0 fully saturated rings. The highest BCUT2D eigenvalue weighted by Gasteiger charge is 2.16. The lowest BCUT2D eigenvalue weighted by atomic mass is 10.2. The summed E-state index contributed by atoms with van der Waals surface area (Å²) in [4.78, 5) is 28.3. The first-order chi connectivity index (χ1) is 8.17. The molecule has 0 saturated carbocycles. The fourth-order valence-electron chi connectivity index (χ4n) is 1.39. The minimum atomic E-state index is -0.511. The van der Waals surface area contributed by atoms with Crippen molar-refractivity contribution in [2.75, 3.05) is 13.7 Å². The zero-order chi connectivity index (χ0) is 12.7. The Morgan fingerprint density at radius 1 is 1.35 bits per heavy atom. The maximum absolute atomic E-state index is 11.8. The van der Waals surface area contributed by atoms with Gasteiger partial charge in [0.2, 0.25) is 5.91 Å². The quantitative estimate of drug-likeness (QED) is 0.565. The van der Waals surface area contributed by atoms with Gasteiger partial charge in [0.15, 0.2) is 0 Å². The van der Waals surface area contributed by atoms with Crippen LogP contribution in [0, 0.1) is 0 Å². The van der Waals surface area contributed by atoms with Crippen molar-refractivity contribution in [3.05, 3.63) is 30.1 Å². The number of hydrogen-bond donors (Lipinski definition) is 0. The summed E-state index contributed by atoms with van der Waals surface area (Å²) in [5.41, 5.74) is 0.986. The molecule has 0 unspecified atom stereocenters. The molecule has 0 aromatic carbocycles. The van der Waals surface area contributed by atoms with Gasteiger partial charge in [0, 0.05) is 25.5 Å². The summed E-state index contributed by atoms with van der Waals surface area (Å²) in [7, 11) is 1.27. The second-order valence-electron chi connectivity index (χ2n) is 3.52. The van der Waals surface area contributed by atoms with Gasteiger partial charge < -0.3 is 9.64 Å². The number of carbonyl (C=O) groups is 2. The molecule has 0 bridgehead atoms. The topological polar surface area (TPSA) is 59.5 Å². The molecule has 1 aromatic heterocycles. The van der Waals surface area contributed by atoms with Gasteiger partial charge in [0.25, 0.3) is 0 Å². The van der Waals surface area contributed by atoms with Gasteiger partial charge >= 0.3 is 5.97 Å². The van der Waals surface area contributed by atoms with Crippen LogP contribution in [-0.4, -0.2) is 35.4 Å². The summed E-state index contributed by atoms with van der Waals surface area (Å²) in [6.07, 6.45) is 3.14. The lowest BCUT2D eigenvalue weighted by molar-refractivity contribution is -0.146. The fraction of sp³-hybridized carbons (Fsp3) is 0.417. The highest BCUT2D eigenvalue weighted by Crippen LogP contribution is 2.05. The predicted octanol–water partition coefficient (Wildman–Crippen LogP) is 0.993. The van der Waals surface area contributed by atoms with Crippen molar-refractivity contribution in [3.63, 3.8) is 0 Å². The summed E-state index contributed by atoms with van der Waals surface area (Å²) >= 11 is 0. The van der Waals surface area contributed by atoms with Crippen molar-refractivity contribution in [3.8, 4) is 0 Å². The van der Waals surface area contributed by atoms with Crippen LogP contribution < -0.4 is 0 Å². The van der Waals surface area contributed by atoms with Crippen molar-refractivity contribution in [2.24, 2.45) is 0 Å². The van der Waals surface area contributed by atoms with Crippen LogP contribution in [0.1, 0.15) is 18.9 Å². The molecular weight excluding hydrogens is 220 g/mol. The van der Waals surface area contributed by atoms with Gasteiger partial charge in [-0.15, -0.1) is 0 Å². The maximum atomic E-state index is 11.8. The zero-order valence-electron chi connectivity index (χ0n) is 10.0. The summed E-state index contributed by atoms with van der Waals surface area (Å²) in [6.45, 7) is 2.91. The SMILES string of the molecule is CCN(Cc1ccncc1)C(=O)CC(=O)OC. The van der Waals surface area contributed by atoms with E-state index >= 15 is 0 Å². The van der Waals surface area contributed by atoms with E-state index in [0.717, 1.165) is 5.56 Å². The van der Waals surface area contributed by atoms with E-state index in [1.807, 2.05) is 19.1 Å². The minimum absolute atomic E-state index is 0.213. The Hall–Kier alpha value is -1.91. The molecule has 92 valence electrons. The van der Waals surface area contributed by atoms with Crippen LogP contribution in [-0.2, 0) is 20.9 Å². The molecule has 5 heteroatoms. The second-order valence-corrected chi connectivity index (χ2v) is 3.52. The van der Waals surface area contributed by atoms with Crippen molar-refractivity contribution >= 4 is 11.9 Å². The van der Waals surface area contributed by atoms with Crippen molar-refractivity contribution in [2.45, 2.75) is 19.9 Å². The lowest BCUT2D eigenvalue weighted by Gasteiger charge is -2.20. The number of nitrogens with zero attached hydrogens (tertiary/aromatic N) is 2. The predicted molar refractivity (Wildman–Crippen MR) is 62.0 cm³/mol. The molecule has 5 nitrogen and oxygen atoms in total. The van der Waals surface area contributed by atoms with Gasteiger partial charge in [-0.2, -0.15) is 0 Å². The van der Waals surface area contributed by atoms with Crippen LogP contribution in [0.2, 0.25) is 0 Å². The van der Waals surface area contributed by atoms with Gasteiger partial charge in [-0.1, -0.05) is 0 Å². The summed E-state index contributed by atoms with van der Waals surface area (Å²) in [5.74, 6) is -0.737. The number of methoxy groups -OCH3 is 1. The van der Waals surface area contributed by atoms with Gasteiger partial charge in [-0.05, 0) is 24.6 Å². The highest BCUT2D eigenvalue weighted by molar-refractivity contribution is 5.94. The molecule has 0 N–H and O–H groups in total. The molecule has 0 aliphatic rings. The van der Waals surface area contributed by atoms with E-state index in [2.05, 4.69) is 9.72 Å². The first kappa shape index (κ1) is 13.2. The summed E-state index contributed by atoms with van der Waals surface area (Å²) in [6, 6.07) is 3.68. The molecule has 1 heterocycles. The van der Waals surface area contributed by atoms with E-state index in [9.17, 15) is 9.59 Å². The third kappa shape index (κ3) is 4.22. The molecule has 0 radical (unpaired) electrons. The van der Waals surface area contributed by atoms with Crippen LogP contribution in [0.4, 0.5) is 0 Å². The number of pyridine rings is 1. The van der Waals surface area contributed by atoms with Gasteiger partial charge in [-0.25, -0.2) is 0 Å². The number of amides is 1. The monoisotopic (exact) mass is 236 g/mol. The van der Waals surface area contributed by atoms with Gasteiger partial charge in [-0.3, -0.25) is 14.6 Å². The highest BCUT2D eigenvalue weighted by atomic mass is 16.5. The number of ether oxygens (including phenoxy) is 1. The molecule has 17 heavy (non-hydrogen) atoms. The summed E-state index contributed by atoms with van der Waals surface area (Å²) < 4.78 is 4.47. The number of rotatable bonds is 5. The number of carbonyl (C=O) groups excluding carboxylic acids is 2. The Balaban J connectivity index is 2.59. The number of hydrogen-bond acceptors (Lipinski definition) is 4. The van der Waals surface area contributed by atoms with Crippen molar-refractivity contribution in [1.82, 2.24) is 9.88 Å². The Kier molecular flexibility index (Phi) is 5.13. The van der Waals surface area contributed by atoms with E-state index in [0.29, 0.717) is 13.1 Å². The molecule has 1 rings (SSSR count). The Labute approximate surface area is 100 Å². The van der Waals surface area contributed by atoms with Gasteiger partial charge in [0.05, 0.1) is 7.11 Å². The minimum Gasteiger partial charge on any atom is -0.469 e. The first-order valence-electron chi connectivity index (χ1n) is 5.40. The standard InChI is InChI=1S/C12H16N2O3/c1-3-14(11(15)8-12(16)17-2)9-10-4-6-13-7-5-10/h4-7H,3,8-9H2,1-2H3. The Bertz CT molecular complexity index is 379. The maximum Gasteiger partial charge on any atom is 0.315 e. The molecule has 1 aromatic rings. The largest absolute Gasteiger partial charge is 0.469 e. The second kappa shape index (κ2) is 6.62. The van der Waals surface area contributed by atoms with Crippen molar-refractivity contribution < 1.29 is 14.3 Å². The van der Waals surface area contributed by atoms with Crippen LogP contribution in [0.15, 0.2) is 24.5 Å². The molecule has 0 aliphatic carbocycles. The zero-order valence-corrected chi connectivity index (χ0v) is 10.0. The average Bonchev–Trinajstić information content (AvgIpc) is 2.36. The van der Waals surface area contributed by atoms with E-state index in [1.165, 1.54) is 7.11 Å². The van der Waals surface area contributed by atoms with E-state index in [4.69, 9.17) is 0 Å². The third-order valence-corrected chi connectivity index (χ3v) is 2.38. The van der Waals surface area contributed by atoms with E-state index in [1.54, 1.807) is 17.3 Å². The van der Waals surface area contributed by atoms with Crippen LogP contribution >= 0.6 is 0 Å². The van der Waals surface area contributed by atoms with E-state index < -0.39 is 5.97 Å². The van der Waals surface area contributed by atoms with Crippen LogP contribution in [0.25, 0.3) is 0 Å². The lowest BCUT2D eigenvalue weighted by Crippen LogP contribution is -2.32. The smallest absolute Gasteiger partial charge is 0.315 e. The molecular formula is C12H16N2O3. The number of aromatic nitrogens is 1. The molecule has 0 spiro atoms. The third-order valence-electron chi connectivity index (χ3n) is 2.38. The average molecular weight is 236 g/mol. The molecule has 0 aliphatic heterocycles. The van der Waals surface area contributed by atoms with Crippen LogP contribution in [0.5, 0.6) is 0 Å². The Morgan fingerprint density at radius 3 is 2.53 bits per heavy atom. The van der Waals surface area contributed by atoms with Gasteiger partial charge in [0.1, 0.15) is 6.42 Å². The Morgan fingerprint density at radius 2 is 2.00 bits per heavy atom. The molecule has 0 saturated heterocycles. The molecule has 1 amide bonds. The first-order valence-corrected chi connectivity index (χ1v) is 5.40.